The highest BCUT2D eigenvalue weighted by molar-refractivity contribution is 8.00. The molecule has 1 saturated heterocycles. The Bertz CT molecular complexity index is 846. The first-order chi connectivity index (χ1) is 14.5. The van der Waals surface area contributed by atoms with Crippen molar-refractivity contribution >= 4 is 29.3 Å². The molecule has 8 heteroatoms. The Kier molecular flexibility index (Phi) is 8.21. The van der Waals surface area contributed by atoms with Crippen molar-refractivity contribution < 1.29 is 18.4 Å². The van der Waals surface area contributed by atoms with Crippen LogP contribution in [0.4, 0.5) is 14.5 Å². The van der Waals surface area contributed by atoms with Gasteiger partial charge in [-0.25, -0.2) is 8.78 Å². The standard InChI is InChI=1S/C22H25F2N3O2S/c23-18-4-2-17(3-5-18)14-26-10-1-11-27(13-12-26)22(29)16-30-15-21(28)25-20-8-6-19(24)7-9-20/h2-9H,1,10-16H2,(H,25,28). The molecule has 2 aromatic carbocycles. The third-order valence-corrected chi connectivity index (χ3v) is 5.76. The number of amides is 2. The number of rotatable bonds is 7. The van der Waals surface area contributed by atoms with E-state index in [1.165, 1.54) is 48.2 Å². The highest BCUT2D eigenvalue weighted by Gasteiger charge is 2.19. The topological polar surface area (TPSA) is 52.7 Å². The molecule has 2 amide bonds. The summed E-state index contributed by atoms with van der Waals surface area (Å²) in [5, 5.41) is 2.68. The van der Waals surface area contributed by atoms with E-state index in [0.717, 1.165) is 31.6 Å². The Morgan fingerprint density at radius 1 is 0.867 bits per heavy atom. The third kappa shape index (κ3) is 7.11. The molecule has 1 heterocycles. The van der Waals surface area contributed by atoms with Crippen molar-refractivity contribution in [1.82, 2.24) is 9.80 Å². The number of benzene rings is 2. The lowest BCUT2D eigenvalue weighted by Crippen LogP contribution is -2.36. The number of hydrogen-bond acceptors (Lipinski definition) is 4. The molecule has 1 fully saturated rings. The first kappa shape index (κ1) is 22.2. The molecule has 2 aromatic rings. The fourth-order valence-electron chi connectivity index (χ4n) is 3.28. The second-order valence-corrected chi connectivity index (χ2v) is 8.17. The Morgan fingerprint density at radius 3 is 2.23 bits per heavy atom. The van der Waals surface area contributed by atoms with Crippen molar-refractivity contribution in [3.63, 3.8) is 0 Å². The molecule has 0 aromatic heterocycles. The van der Waals surface area contributed by atoms with Crippen LogP contribution in [0.25, 0.3) is 0 Å². The minimum Gasteiger partial charge on any atom is -0.341 e. The first-order valence-corrected chi connectivity index (χ1v) is 11.0. The highest BCUT2D eigenvalue weighted by atomic mass is 32.2. The molecule has 1 N–H and O–H groups in total. The summed E-state index contributed by atoms with van der Waals surface area (Å²) < 4.78 is 25.9. The van der Waals surface area contributed by atoms with Gasteiger partial charge in [-0.3, -0.25) is 14.5 Å². The van der Waals surface area contributed by atoms with Crippen LogP contribution in [-0.4, -0.2) is 59.3 Å². The van der Waals surface area contributed by atoms with Gasteiger partial charge in [0.15, 0.2) is 0 Å². The van der Waals surface area contributed by atoms with E-state index in [4.69, 9.17) is 0 Å². The molecule has 5 nitrogen and oxygen atoms in total. The minimum absolute atomic E-state index is 0.0261. The number of carbonyl (C=O) groups excluding carboxylic acids is 2. The number of carbonyl (C=O) groups is 2. The summed E-state index contributed by atoms with van der Waals surface area (Å²) in [7, 11) is 0. The van der Waals surface area contributed by atoms with Gasteiger partial charge in [0.25, 0.3) is 0 Å². The normalized spacial score (nSPS) is 14.9. The second-order valence-electron chi connectivity index (χ2n) is 7.18. The van der Waals surface area contributed by atoms with Gasteiger partial charge in [0, 0.05) is 38.4 Å². The summed E-state index contributed by atoms with van der Waals surface area (Å²) in [6.07, 6.45) is 0.878. The van der Waals surface area contributed by atoms with Gasteiger partial charge in [-0.2, -0.15) is 0 Å². The Morgan fingerprint density at radius 2 is 1.53 bits per heavy atom. The molecular formula is C22H25F2N3O2S. The SMILES string of the molecule is O=C(CSCC(=O)N1CCCN(Cc2ccc(F)cc2)CC1)Nc1ccc(F)cc1. The monoisotopic (exact) mass is 433 g/mol. The lowest BCUT2D eigenvalue weighted by molar-refractivity contribution is -0.128. The van der Waals surface area contributed by atoms with E-state index in [1.54, 1.807) is 12.1 Å². The fourth-order valence-corrected chi connectivity index (χ4v) is 4.00. The molecule has 1 aliphatic rings. The molecule has 30 heavy (non-hydrogen) atoms. The number of anilines is 1. The number of nitrogens with one attached hydrogen (secondary N) is 1. The van der Waals surface area contributed by atoms with E-state index in [1.807, 2.05) is 4.90 Å². The van der Waals surface area contributed by atoms with E-state index in [9.17, 15) is 18.4 Å². The highest BCUT2D eigenvalue weighted by Crippen LogP contribution is 2.13. The van der Waals surface area contributed by atoms with Crippen LogP contribution in [0, 0.1) is 11.6 Å². The quantitative estimate of drug-likeness (QED) is 0.728. The molecule has 1 aliphatic heterocycles. The average molecular weight is 434 g/mol. The lowest BCUT2D eigenvalue weighted by atomic mass is 10.2. The van der Waals surface area contributed by atoms with Crippen LogP contribution in [0.15, 0.2) is 48.5 Å². The molecule has 0 atom stereocenters. The average Bonchev–Trinajstić information content (AvgIpc) is 2.97. The Labute approximate surface area is 179 Å². The van der Waals surface area contributed by atoms with Gasteiger partial charge < -0.3 is 10.2 Å². The van der Waals surface area contributed by atoms with Crippen LogP contribution in [0.5, 0.6) is 0 Å². The maximum Gasteiger partial charge on any atom is 0.234 e. The van der Waals surface area contributed by atoms with Crippen LogP contribution >= 0.6 is 11.8 Å². The van der Waals surface area contributed by atoms with Gasteiger partial charge in [0.05, 0.1) is 11.5 Å². The lowest BCUT2D eigenvalue weighted by Gasteiger charge is -2.22. The van der Waals surface area contributed by atoms with Gasteiger partial charge in [0.1, 0.15) is 11.6 Å². The van der Waals surface area contributed by atoms with Gasteiger partial charge in [-0.05, 0) is 48.4 Å². The van der Waals surface area contributed by atoms with E-state index in [-0.39, 0.29) is 35.0 Å². The number of halogens is 2. The van der Waals surface area contributed by atoms with Crippen molar-refractivity contribution in [1.29, 1.82) is 0 Å². The number of thioether (sulfide) groups is 1. The molecule has 160 valence electrons. The predicted octanol–water partition coefficient (Wildman–Crippen LogP) is 3.37. The predicted molar refractivity (Wildman–Crippen MR) is 115 cm³/mol. The zero-order chi connectivity index (χ0) is 21.3. The van der Waals surface area contributed by atoms with E-state index >= 15 is 0 Å². The summed E-state index contributed by atoms with van der Waals surface area (Å²) in [5.41, 5.74) is 1.58. The van der Waals surface area contributed by atoms with Crippen LogP contribution < -0.4 is 5.32 Å². The summed E-state index contributed by atoms with van der Waals surface area (Å²) in [4.78, 5) is 28.6. The molecule has 0 bridgehead atoms. The van der Waals surface area contributed by atoms with Crippen molar-refractivity contribution in [3.05, 3.63) is 65.7 Å². The van der Waals surface area contributed by atoms with Gasteiger partial charge in [-0.15, -0.1) is 11.8 Å². The van der Waals surface area contributed by atoms with Crippen molar-refractivity contribution in [3.8, 4) is 0 Å². The summed E-state index contributed by atoms with van der Waals surface area (Å²) in [5.74, 6) is -0.390. The summed E-state index contributed by atoms with van der Waals surface area (Å²) in [6, 6.07) is 12.1. The molecule has 0 spiro atoms. The zero-order valence-electron chi connectivity index (χ0n) is 16.7. The van der Waals surface area contributed by atoms with Gasteiger partial charge in [-0.1, -0.05) is 12.1 Å². The van der Waals surface area contributed by atoms with Gasteiger partial charge in [0.2, 0.25) is 11.8 Å². The molecule has 0 aliphatic carbocycles. The smallest absolute Gasteiger partial charge is 0.234 e. The van der Waals surface area contributed by atoms with Crippen molar-refractivity contribution in [2.45, 2.75) is 13.0 Å². The summed E-state index contributed by atoms with van der Waals surface area (Å²) >= 11 is 1.27. The Hall–Kier alpha value is -2.45. The fraction of sp³-hybridized carbons (Fsp3) is 0.364. The summed E-state index contributed by atoms with van der Waals surface area (Å²) in [6.45, 7) is 3.72. The van der Waals surface area contributed by atoms with Crippen molar-refractivity contribution in [2.24, 2.45) is 0 Å². The maximum atomic E-state index is 13.0. The van der Waals surface area contributed by atoms with Crippen molar-refractivity contribution in [2.75, 3.05) is 43.0 Å². The number of hydrogen-bond donors (Lipinski definition) is 1. The van der Waals surface area contributed by atoms with Gasteiger partial charge >= 0.3 is 0 Å². The minimum atomic E-state index is -0.360. The van der Waals surface area contributed by atoms with Crippen LogP contribution in [0.2, 0.25) is 0 Å². The largest absolute Gasteiger partial charge is 0.341 e. The van der Waals surface area contributed by atoms with Crippen LogP contribution in [0.1, 0.15) is 12.0 Å². The molecule has 0 saturated carbocycles. The third-order valence-electron chi connectivity index (χ3n) is 4.85. The van der Waals surface area contributed by atoms with E-state index < -0.39 is 0 Å². The maximum absolute atomic E-state index is 13.0. The second kappa shape index (κ2) is 11.1. The molecular weight excluding hydrogens is 408 g/mol. The van der Waals surface area contributed by atoms with Crippen LogP contribution in [0.3, 0.4) is 0 Å². The zero-order valence-corrected chi connectivity index (χ0v) is 17.5. The Balaban J connectivity index is 1.37. The van der Waals surface area contributed by atoms with E-state index in [0.29, 0.717) is 18.8 Å². The molecule has 0 radical (unpaired) electrons. The first-order valence-electron chi connectivity index (χ1n) is 9.87. The molecule has 0 unspecified atom stereocenters. The van der Waals surface area contributed by atoms with Crippen LogP contribution in [-0.2, 0) is 16.1 Å². The number of nitrogens with zero attached hydrogens (tertiary/aromatic N) is 2. The molecule has 3 rings (SSSR count). The van der Waals surface area contributed by atoms with E-state index in [2.05, 4.69) is 10.2 Å².